The number of nitrogens with one attached hydrogen (secondary N) is 1. The van der Waals surface area contributed by atoms with E-state index in [0.29, 0.717) is 18.8 Å². The summed E-state index contributed by atoms with van der Waals surface area (Å²) in [5, 5.41) is 2.79. The minimum absolute atomic E-state index is 0.151. The normalized spacial score (nSPS) is 14.4. The SMILES string of the molecule is COC(=O)c1cc(NC(=O)N2CCCN(Cc3cccc(C)n3)CC2)cc(C(=O)OC)c1. The second kappa shape index (κ2) is 10.7. The predicted octanol–water partition coefficient (Wildman–Crippen LogP) is 2.70. The molecule has 1 saturated heterocycles. The third-order valence-electron chi connectivity index (χ3n) is 5.23. The number of esters is 2. The molecule has 0 bridgehead atoms. The molecule has 0 aliphatic carbocycles. The molecule has 2 amide bonds. The van der Waals surface area contributed by atoms with Crippen LogP contribution in [0.1, 0.15) is 38.5 Å². The Balaban J connectivity index is 1.66. The second-order valence-electron chi connectivity index (χ2n) is 7.60. The third kappa shape index (κ3) is 6.04. The number of anilines is 1. The maximum Gasteiger partial charge on any atom is 0.337 e. The number of aryl methyl sites for hydroxylation is 1. The summed E-state index contributed by atoms with van der Waals surface area (Å²) in [4.78, 5) is 45.4. The molecule has 2 heterocycles. The van der Waals surface area contributed by atoms with E-state index in [2.05, 4.69) is 15.2 Å². The van der Waals surface area contributed by atoms with Crippen molar-refractivity contribution in [2.75, 3.05) is 45.7 Å². The van der Waals surface area contributed by atoms with Crippen LogP contribution in [0.2, 0.25) is 0 Å². The highest BCUT2D eigenvalue weighted by Gasteiger charge is 2.21. The van der Waals surface area contributed by atoms with Gasteiger partial charge in [0.25, 0.3) is 0 Å². The first-order chi connectivity index (χ1) is 15.4. The number of benzene rings is 1. The lowest BCUT2D eigenvalue weighted by atomic mass is 10.1. The summed E-state index contributed by atoms with van der Waals surface area (Å²) in [6.07, 6.45) is 0.828. The summed E-state index contributed by atoms with van der Waals surface area (Å²) >= 11 is 0. The first-order valence-corrected chi connectivity index (χ1v) is 10.4. The fourth-order valence-electron chi connectivity index (χ4n) is 3.62. The van der Waals surface area contributed by atoms with E-state index in [4.69, 9.17) is 9.47 Å². The molecule has 1 aromatic carbocycles. The Bertz CT molecular complexity index is 960. The highest BCUT2D eigenvalue weighted by molar-refractivity contribution is 5.99. The van der Waals surface area contributed by atoms with Gasteiger partial charge in [-0.1, -0.05) is 6.07 Å². The Morgan fingerprint density at radius 1 is 0.969 bits per heavy atom. The van der Waals surface area contributed by atoms with Gasteiger partial charge >= 0.3 is 18.0 Å². The molecule has 9 nitrogen and oxygen atoms in total. The van der Waals surface area contributed by atoms with E-state index >= 15 is 0 Å². The molecule has 170 valence electrons. The topological polar surface area (TPSA) is 101 Å². The van der Waals surface area contributed by atoms with Crippen molar-refractivity contribution in [3.8, 4) is 0 Å². The molecule has 1 N–H and O–H groups in total. The molecule has 2 aromatic rings. The van der Waals surface area contributed by atoms with Crippen LogP contribution in [0.5, 0.6) is 0 Å². The van der Waals surface area contributed by atoms with Gasteiger partial charge in [-0.15, -0.1) is 0 Å². The van der Waals surface area contributed by atoms with E-state index in [1.807, 2.05) is 25.1 Å². The molecule has 1 aliphatic heterocycles. The quantitative estimate of drug-likeness (QED) is 0.714. The van der Waals surface area contributed by atoms with Gasteiger partial charge in [-0.3, -0.25) is 9.88 Å². The summed E-state index contributed by atoms with van der Waals surface area (Å²) in [5.74, 6) is -1.22. The molecule has 0 atom stereocenters. The molecule has 0 spiro atoms. The van der Waals surface area contributed by atoms with Crippen LogP contribution in [0.4, 0.5) is 10.5 Å². The van der Waals surface area contributed by atoms with Gasteiger partial charge in [-0.2, -0.15) is 0 Å². The van der Waals surface area contributed by atoms with E-state index in [1.165, 1.54) is 32.4 Å². The van der Waals surface area contributed by atoms with Crippen molar-refractivity contribution in [1.82, 2.24) is 14.8 Å². The molecule has 1 fully saturated rings. The van der Waals surface area contributed by atoms with Crippen molar-refractivity contribution in [3.05, 3.63) is 58.9 Å². The monoisotopic (exact) mass is 440 g/mol. The lowest BCUT2D eigenvalue weighted by Gasteiger charge is -2.22. The highest BCUT2D eigenvalue weighted by atomic mass is 16.5. The molecular weight excluding hydrogens is 412 g/mol. The lowest BCUT2D eigenvalue weighted by Crippen LogP contribution is -2.38. The third-order valence-corrected chi connectivity index (χ3v) is 5.23. The zero-order valence-corrected chi connectivity index (χ0v) is 18.6. The van der Waals surface area contributed by atoms with Gasteiger partial charge in [-0.25, -0.2) is 14.4 Å². The van der Waals surface area contributed by atoms with Crippen molar-refractivity contribution in [2.24, 2.45) is 0 Å². The molecule has 9 heteroatoms. The maximum absolute atomic E-state index is 12.9. The minimum Gasteiger partial charge on any atom is -0.465 e. The standard InChI is InChI=1S/C23H28N4O5/c1-16-6-4-7-19(24-16)15-26-8-5-9-27(11-10-26)23(30)25-20-13-17(21(28)31-2)12-18(14-20)22(29)32-3/h4,6-7,12-14H,5,8-11,15H2,1-3H3,(H,25,30). The number of carbonyl (C=O) groups excluding carboxylic acids is 3. The van der Waals surface area contributed by atoms with Crippen LogP contribution in [-0.2, 0) is 16.0 Å². The number of nitrogens with zero attached hydrogens (tertiary/aromatic N) is 3. The van der Waals surface area contributed by atoms with Gasteiger partial charge < -0.3 is 19.7 Å². The van der Waals surface area contributed by atoms with Crippen molar-refractivity contribution in [1.29, 1.82) is 0 Å². The van der Waals surface area contributed by atoms with Crippen LogP contribution < -0.4 is 5.32 Å². The number of rotatable bonds is 5. The Hall–Kier alpha value is -3.46. The summed E-state index contributed by atoms with van der Waals surface area (Å²) < 4.78 is 9.48. The largest absolute Gasteiger partial charge is 0.465 e. The summed E-state index contributed by atoms with van der Waals surface area (Å²) in [7, 11) is 2.50. The zero-order chi connectivity index (χ0) is 23.1. The Kier molecular flexibility index (Phi) is 7.77. The second-order valence-corrected chi connectivity index (χ2v) is 7.60. The van der Waals surface area contributed by atoms with Crippen LogP contribution >= 0.6 is 0 Å². The van der Waals surface area contributed by atoms with E-state index < -0.39 is 11.9 Å². The van der Waals surface area contributed by atoms with Gasteiger partial charge in [-0.05, 0) is 43.7 Å². The molecule has 1 aliphatic rings. The van der Waals surface area contributed by atoms with Crippen LogP contribution in [0, 0.1) is 6.92 Å². The zero-order valence-electron chi connectivity index (χ0n) is 18.6. The van der Waals surface area contributed by atoms with Crippen LogP contribution in [0.25, 0.3) is 0 Å². The number of pyridine rings is 1. The van der Waals surface area contributed by atoms with Crippen molar-refractivity contribution in [3.63, 3.8) is 0 Å². The number of hydrogen-bond acceptors (Lipinski definition) is 7. The molecular formula is C23H28N4O5. The fourth-order valence-corrected chi connectivity index (χ4v) is 3.62. The average Bonchev–Trinajstić information content (AvgIpc) is 3.03. The van der Waals surface area contributed by atoms with Gasteiger partial charge in [0, 0.05) is 44.1 Å². The number of methoxy groups -OCH3 is 2. The highest BCUT2D eigenvalue weighted by Crippen LogP contribution is 2.18. The average molecular weight is 441 g/mol. The van der Waals surface area contributed by atoms with Crippen LogP contribution in [0.15, 0.2) is 36.4 Å². The molecule has 32 heavy (non-hydrogen) atoms. The molecule has 0 unspecified atom stereocenters. The Labute approximate surface area is 187 Å². The number of carbonyl (C=O) groups is 3. The summed E-state index contributed by atoms with van der Waals surface area (Å²) in [6, 6.07) is 10.0. The van der Waals surface area contributed by atoms with Gasteiger partial charge in [0.2, 0.25) is 0 Å². The number of amides is 2. The van der Waals surface area contributed by atoms with Gasteiger partial charge in [0.1, 0.15) is 0 Å². The van der Waals surface area contributed by atoms with Crippen LogP contribution in [0.3, 0.4) is 0 Å². The van der Waals surface area contributed by atoms with Gasteiger partial charge in [0.15, 0.2) is 0 Å². The van der Waals surface area contributed by atoms with E-state index in [1.54, 1.807) is 4.90 Å². The van der Waals surface area contributed by atoms with E-state index in [9.17, 15) is 14.4 Å². The molecule has 3 rings (SSSR count). The smallest absolute Gasteiger partial charge is 0.337 e. The maximum atomic E-state index is 12.9. The Morgan fingerprint density at radius 2 is 1.66 bits per heavy atom. The summed E-state index contributed by atoms with van der Waals surface area (Å²) in [5.41, 5.74) is 2.62. The molecule has 1 aromatic heterocycles. The molecule has 0 radical (unpaired) electrons. The van der Waals surface area contributed by atoms with Crippen molar-refractivity contribution >= 4 is 23.7 Å². The number of urea groups is 1. The summed E-state index contributed by atoms with van der Waals surface area (Å²) in [6.45, 7) is 5.45. The number of ether oxygens (including phenoxy) is 2. The van der Waals surface area contributed by atoms with Crippen LogP contribution in [-0.4, -0.2) is 73.2 Å². The first kappa shape index (κ1) is 23.2. The fraction of sp³-hybridized carbons (Fsp3) is 0.391. The number of hydrogen-bond donors (Lipinski definition) is 1. The molecule has 0 saturated carbocycles. The van der Waals surface area contributed by atoms with E-state index in [0.717, 1.165) is 37.4 Å². The van der Waals surface area contributed by atoms with Crippen molar-refractivity contribution < 1.29 is 23.9 Å². The van der Waals surface area contributed by atoms with E-state index in [-0.39, 0.29) is 17.2 Å². The minimum atomic E-state index is -0.610. The number of aromatic nitrogens is 1. The van der Waals surface area contributed by atoms with Gasteiger partial charge in [0.05, 0.1) is 31.0 Å². The lowest BCUT2D eigenvalue weighted by molar-refractivity contribution is 0.0599. The Morgan fingerprint density at radius 3 is 2.28 bits per heavy atom. The first-order valence-electron chi connectivity index (χ1n) is 10.4. The van der Waals surface area contributed by atoms with Crippen molar-refractivity contribution in [2.45, 2.75) is 19.9 Å². The predicted molar refractivity (Wildman–Crippen MR) is 119 cm³/mol.